The molecule has 6 heteroatoms. The third kappa shape index (κ3) is 3.58. The van der Waals surface area contributed by atoms with Gasteiger partial charge in [0.05, 0.1) is 29.0 Å². The Balaban J connectivity index is 1.96. The quantitative estimate of drug-likeness (QED) is 0.857. The van der Waals surface area contributed by atoms with E-state index in [1.807, 2.05) is 0 Å². The molecule has 0 unspecified atom stereocenters. The molecule has 0 bridgehead atoms. The number of hydrogen-bond donors (Lipinski definition) is 2. The highest BCUT2D eigenvalue weighted by Crippen LogP contribution is 2.23. The molecule has 1 aliphatic heterocycles. The molecule has 0 radical (unpaired) electrons. The molecule has 1 fully saturated rings. The molecule has 2 rings (SSSR count). The van der Waals surface area contributed by atoms with E-state index in [0.717, 1.165) is 0 Å². The summed E-state index contributed by atoms with van der Waals surface area (Å²) in [7, 11) is -3.33. The van der Waals surface area contributed by atoms with Crippen LogP contribution in [0.5, 0.6) is 0 Å². The van der Waals surface area contributed by atoms with E-state index in [1.54, 1.807) is 37.3 Å². The van der Waals surface area contributed by atoms with E-state index in [9.17, 15) is 18.6 Å². The molecule has 5 nitrogen and oxygen atoms in total. The van der Waals surface area contributed by atoms with Gasteiger partial charge in [0.15, 0.2) is 9.84 Å². The number of benzene rings is 1. The topological polar surface area (TPSA) is 83.8 Å². The van der Waals surface area contributed by atoms with Crippen molar-refractivity contribution in [2.75, 3.05) is 5.75 Å². The van der Waals surface area contributed by atoms with Crippen LogP contribution < -0.4 is 0 Å². The predicted molar refractivity (Wildman–Crippen MR) is 74.1 cm³/mol. The van der Waals surface area contributed by atoms with Crippen molar-refractivity contribution in [1.82, 2.24) is 0 Å². The normalized spacial score (nSPS) is 31.1. The average molecular weight is 300 g/mol. The Kier molecular flexibility index (Phi) is 4.80. The minimum absolute atomic E-state index is 0.0305. The zero-order valence-corrected chi connectivity index (χ0v) is 12.2. The SMILES string of the molecule is C[C@@H]1O[C@@H](CCS(=O)(=O)c2ccccc2)C[C@H](O)[C@H]1O. The third-order valence-corrected chi connectivity index (χ3v) is 5.36. The van der Waals surface area contributed by atoms with Gasteiger partial charge in [0.1, 0.15) is 6.10 Å². The summed E-state index contributed by atoms with van der Waals surface area (Å²) in [5, 5.41) is 19.3. The number of rotatable bonds is 4. The zero-order chi connectivity index (χ0) is 14.8. The van der Waals surface area contributed by atoms with Crippen molar-refractivity contribution in [2.45, 2.75) is 49.1 Å². The molecule has 2 N–H and O–H groups in total. The van der Waals surface area contributed by atoms with Gasteiger partial charge < -0.3 is 14.9 Å². The van der Waals surface area contributed by atoms with Crippen LogP contribution >= 0.6 is 0 Å². The van der Waals surface area contributed by atoms with Crippen molar-refractivity contribution in [3.63, 3.8) is 0 Å². The lowest BCUT2D eigenvalue weighted by Crippen LogP contribution is -2.47. The first kappa shape index (κ1) is 15.4. The molecule has 112 valence electrons. The summed E-state index contributed by atoms with van der Waals surface area (Å²) in [6.45, 7) is 1.67. The van der Waals surface area contributed by atoms with Gasteiger partial charge >= 0.3 is 0 Å². The van der Waals surface area contributed by atoms with E-state index >= 15 is 0 Å². The molecule has 0 amide bonds. The second-order valence-corrected chi connectivity index (χ2v) is 7.29. The van der Waals surface area contributed by atoms with E-state index in [0.29, 0.717) is 11.3 Å². The Hall–Kier alpha value is -0.950. The Morgan fingerprint density at radius 2 is 1.90 bits per heavy atom. The second-order valence-electron chi connectivity index (χ2n) is 5.18. The largest absolute Gasteiger partial charge is 0.390 e. The van der Waals surface area contributed by atoms with Crippen LogP contribution in [-0.4, -0.2) is 48.8 Å². The molecule has 0 aliphatic carbocycles. The van der Waals surface area contributed by atoms with Crippen LogP contribution in [0.15, 0.2) is 35.2 Å². The van der Waals surface area contributed by atoms with Crippen molar-refractivity contribution >= 4 is 9.84 Å². The maximum atomic E-state index is 12.1. The maximum Gasteiger partial charge on any atom is 0.178 e. The van der Waals surface area contributed by atoms with E-state index < -0.39 is 28.1 Å². The Bertz CT molecular complexity index is 516. The van der Waals surface area contributed by atoms with E-state index in [4.69, 9.17) is 4.74 Å². The summed E-state index contributed by atoms with van der Waals surface area (Å²) in [6, 6.07) is 8.28. The molecular formula is C14H20O5S. The molecule has 1 saturated heterocycles. The smallest absolute Gasteiger partial charge is 0.178 e. The zero-order valence-electron chi connectivity index (χ0n) is 11.3. The first-order valence-corrected chi connectivity index (χ1v) is 8.35. The van der Waals surface area contributed by atoms with Gasteiger partial charge in [-0.1, -0.05) is 18.2 Å². The van der Waals surface area contributed by atoms with Crippen LogP contribution in [0, 0.1) is 0 Å². The minimum atomic E-state index is -3.33. The molecule has 1 aliphatic rings. The van der Waals surface area contributed by atoms with Gasteiger partial charge in [0.2, 0.25) is 0 Å². The van der Waals surface area contributed by atoms with Gasteiger partial charge in [-0.2, -0.15) is 0 Å². The van der Waals surface area contributed by atoms with Crippen molar-refractivity contribution in [1.29, 1.82) is 0 Å². The van der Waals surface area contributed by atoms with E-state index in [-0.39, 0.29) is 18.3 Å². The summed E-state index contributed by atoms with van der Waals surface area (Å²) in [6.07, 6.45) is -2.02. The van der Waals surface area contributed by atoms with Gasteiger partial charge in [0, 0.05) is 6.42 Å². The number of hydrogen-bond acceptors (Lipinski definition) is 5. The summed E-state index contributed by atoms with van der Waals surface area (Å²) >= 11 is 0. The van der Waals surface area contributed by atoms with E-state index in [1.165, 1.54) is 0 Å². The Labute approximate surface area is 119 Å². The first-order valence-electron chi connectivity index (χ1n) is 6.69. The van der Waals surface area contributed by atoms with Crippen LogP contribution in [0.4, 0.5) is 0 Å². The Morgan fingerprint density at radius 1 is 1.25 bits per heavy atom. The molecule has 20 heavy (non-hydrogen) atoms. The number of aliphatic hydroxyl groups is 2. The first-order chi connectivity index (χ1) is 9.40. The van der Waals surface area contributed by atoms with Gasteiger partial charge in [-0.15, -0.1) is 0 Å². The lowest BCUT2D eigenvalue weighted by molar-refractivity contribution is -0.161. The van der Waals surface area contributed by atoms with Crippen molar-refractivity contribution in [3.8, 4) is 0 Å². The number of ether oxygens (including phenoxy) is 1. The van der Waals surface area contributed by atoms with Gasteiger partial charge in [-0.05, 0) is 25.5 Å². The summed E-state index contributed by atoms with van der Waals surface area (Å²) in [5.41, 5.74) is 0. The molecular weight excluding hydrogens is 280 g/mol. The van der Waals surface area contributed by atoms with Crippen LogP contribution in [0.3, 0.4) is 0 Å². The lowest BCUT2D eigenvalue weighted by atomic mass is 9.97. The fourth-order valence-corrected chi connectivity index (χ4v) is 3.76. The molecule has 4 atom stereocenters. The van der Waals surface area contributed by atoms with Crippen molar-refractivity contribution in [3.05, 3.63) is 30.3 Å². The molecule has 0 saturated carbocycles. The number of aliphatic hydroxyl groups excluding tert-OH is 2. The lowest BCUT2D eigenvalue weighted by Gasteiger charge is -2.35. The fraction of sp³-hybridized carbons (Fsp3) is 0.571. The molecule has 1 aromatic carbocycles. The summed E-state index contributed by atoms with van der Waals surface area (Å²) < 4.78 is 29.8. The molecule has 1 aromatic rings. The van der Waals surface area contributed by atoms with E-state index in [2.05, 4.69) is 0 Å². The third-order valence-electron chi connectivity index (χ3n) is 3.60. The number of sulfone groups is 1. The Morgan fingerprint density at radius 3 is 2.50 bits per heavy atom. The highest BCUT2D eigenvalue weighted by Gasteiger charge is 2.34. The molecule has 0 spiro atoms. The van der Waals surface area contributed by atoms with Crippen LogP contribution in [0.1, 0.15) is 19.8 Å². The van der Waals surface area contributed by atoms with Gasteiger partial charge in [-0.3, -0.25) is 0 Å². The van der Waals surface area contributed by atoms with Crippen molar-refractivity contribution in [2.24, 2.45) is 0 Å². The van der Waals surface area contributed by atoms with Crippen molar-refractivity contribution < 1.29 is 23.4 Å². The molecule has 0 aromatic heterocycles. The van der Waals surface area contributed by atoms with Crippen LogP contribution in [0.2, 0.25) is 0 Å². The summed E-state index contributed by atoms with van der Waals surface area (Å²) in [5.74, 6) is -0.0305. The predicted octanol–water partition coefficient (Wildman–Crippen LogP) is 0.750. The standard InChI is InChI=1S/C14H20O5S/c1-10-14(16)13(15)9-11(19-10)7-8-20(17,18)12-5-3-2-4-6-12/h2-6,10-11,13-16H,7-9H2,1H3/t10-,11-,13-,14-/m0/s1. The highest BCUT2D eigenvalue weighted by molar-refractivity contribution is 7.91. The fourth-order valence-electron chi connectivity index (χ4n) is 2.38. The second kappa shape index (κ2) is 6.22. The highest BCUT2D eigenvalue weighted by atomic mass is 32.2. The monoisotopic (exact) mass is 300 g/mol. The van der Waals surface area contributed by atoms with Gasteiger partial charge in [-0.25, -0.2) is 8.42 Å². The van der Waals surface area contributed by atoms with Gasteiger partial charge in [0.25, 0.3) is 0 Å². The van der Waals surface area contributed by atoms with Crippen LogP contribution in [0.25, 0.3) is 0 Å². The molecule has 1 heterocycles. The van der Waals surface area contributed by atoms with Crippen LogP contribution in [-0.2, 0) is 14.6 Å². The average Bonchev–Trinajstić information content (AvgIpc) is 2.43. The maximum absolute atomic E-state index is 12.1. The summed E-state index contributed by atoms with van der Waals surface area (Å²) in [4.78, 5) is 0.296. The minimum Gasteiger partial charge on any atom is -0.390 e.